The highest BCUT2D eigenvalue weighted by atomic mass is 16.5. The molecule has 0 aliphatic heterocycles. The summed E-state index contributed by atoms with van der Waals surface area (Å²) in [5, 5.41) is 0. The Kier molecular flexibility index (Phi) is 6.78. The van der Waals surface area contributed by atoms with Gasteiger partial charge in [-0.15, -0.1) is 0 Å². The highest BCUT2D eigenvalue weighted by Gasteiger charge is 2.16. The zero-order chi connectivity index (χ0) is 21.7. The molecule has 3 aromatic rings. The molecule has 0 radical (unpaired) electrons. The number of rotatable bonds is 7. The van der Waals surface area contributed by atoms with Crippen molar-refractivity contribution in [2.24, 2.45) is 4.99 Å². The second-order valence-electron chi connectivity index (χ2n) is 7.84. The third kappa shape index (κ3) is 4.65. The lowest BCUT2D eigenvalue weighted by molar-refractivity contribution is 0.106. The van der Waals surface area contributed by atoms with Gasteiger partial charge in [0.25, 0.3) is 0 Å². The quantitative estimate of drug-likeness (QED) is 0.332. The van der Waals surface area contributed by atoms with Crippen LogP contribution in [0.3, 0.4) is 0 Å². The van der Waals surface area contributed by atoms with Gasteiger partial charge in [-0.2, -0.15) is 0 Å². The van der Waals surface area contributed by atoms with E-state index in [0.717, 1.165) is 28.1 Å². The topological polar surface area (TPSA) is 51.5 Å². The monoisotopic (exact) mass is 400 g/mol. The summed E-state index contributed by atoms with van der Waals surface area (Å²) in [6.45, 7) is 8.54. The van der Waals surface area contributed by atoms with Crippen LogP contribution in [-0.2, 0) is 0 Å². The van der Waals surface area contributed by atoms with Gasteiger partial charge < -0.3 is 4.74 Å². The fraction of sp³-hybridized carbons (Fsp3) is 0.269. The van der Waals surface area contributed by atoms with Crippen molar-refractivity contribution < 1.29 is 9.53 Å². The number of ether oxygens (including phenoxy) is 1. The molecule has 1 aromatic heterocycles. The van der Waals surface area contributed by atoms with E-state index < -0.39 is 0 Å². The van der Waals surface area contributed by atoms with Crippen LogP contribution in [0.1, 0.15) is 61.0 Å². The van der Waals surface area contributed by atoms with Gasteiger partial charge in [0, 0.05) is 5.56 Å². The Labute approximate surface area is 178 Å². The van der Waals surface area contributed by atoms with Crippen LogP contribution < -0.4 is 4.74 Å². The first-order valence-electron chi connectivity index (χ1n) is 10.2. The van der Waals surface area contributed by atoms with E-state index >= 15 is 0 Å². The maximum Gasteiger partial charge on any atom is 0.225 e. The van der Waals surface area contributed by atoms with Gasteiger partial charge in [-0.3, -0.25) is 9.79 Å². The average molecular weight is 401 g/mol. The van der Waals surface area contributed by atoms with E-state index in [0.29, 0.717) is 23.3 Å². The number of para-hydroxylation sites is 1. The molecule has 154 valence electrons. The maximum absolute atomic E-state index is 12.9. The Balaban J connectivity index is 1.96. The van der Waals surface area contributed by atoms with E-state index in [1.807, 2.05) is 36.4 Å². The second-order valence-corrected chi connectivity index (χ2v) is 7.84. The van der Waals surface area contributed by atoms with Gasteiger partial charge in [-0.25, -0.2) is 4.98 Å². The molecule has 30 heavy (non-hydrogen) atoms. The van der Waals surface area contributed by atoms with Crippen molar-refractivity contribution in [3.8, 4) is 17.1 Å². The molecule has 0 saturated heterocycles. The van der Waals surface area contributed by atoms with Crippen molar-refractivity contribution >= 4 is 17.7 Å². The molecule has 0 fully saturated rings. The zero-order valence-corrected chi connectivity index (χ0v) is 18.2. The molecule has 3 rings (SSSR count). The van der Waals surface area contributed by atoms with Gasteiger partial charge in [-0.1, -0.05) is 76.2 Å². The van der Waals surface area contributed by atoms with Gasteiger partial charge in [0.05, 0.1) is 30.3 Å². The number of pyridine rings is 1. The minimum atomic E-state index is -0.229. The number of benzene rings is 2. The normalized spacial score (nSPS) is 11.4. The van der Waals surface area contributed by atoms with Crippen LogP contribution in [0.4, 0.5) is 5.69 Å². The SMILES string of the molecule is COc1nc(-c2ccccc2)ccc1C(=O)C=Nc1c(C(C)C)cccc1C(C)C. The second kappa shape index (κ2) is 9.49. The highest BCUT2D eigenvalue weighted by molar-refractivity contribution is 6.36. The summed E-state index contributed by atoms with van der Waals surface area (Å²) >= 11 is 0. The number of Topliss-reactive ketones (excluding diaryl/α,β-unsaturated/α-hetero) is 1. The molecule has 0 aliphatic carbocycles. The van der Waals surface area contributed by atoms with Crippen molar-refractivity contribution in [1.82, 2.24) is 4.98 Å². The van der Waals surface area contributed by atoms with Crippen molar-refractivity contribution in [2.75, 3.05) is 7.11 Å². The van der Waals surface area contributed by atoms with E-state index in [1.54, 1.807) is 6.07 Å². The summed E-state index contributed by atoms with van der Waals surface area (Å²) in [4.78, 5) is 22.1. The summed E-state index contributed by atoms with van der Waals surface area (Å²) in [7, 11) is 1.52. The molecule has 1 heterocycles. The summed E-state index contributed by atoms with van der Waals surface area (Å²) in [5.74, 6) is 0.695. The Morgan fingerprint density at radius 1 is 0.900 bits per heavy atom. The van der Waals surface area contributed by atoms with Gasteiger partial charge in [0.15, 0.2) is 0 Å². The fourth-order valence-corrected chi connectivity index (χ4v) is 3.41. The lowest BCUT2D eigenvalue weighted by Gasteiger charge is -2.16. The van der Waals surface area contributed by atoms with Gasteiger partial charge in [0.2, 0.25) is 11.7 Å². The maximum atomic E-state index is 12.9. The van der Waals surface area contributed by atoms with E-state index in [2.05, 4.69) is 55.9 Å². The minimum Gasteiger partial charge on any atom is -0.480 e. The number of methoxy groups -OCH3 is 1. The molecular weight excluding hydrogens is 372 g/mol. The van der Waals surface area contributed by atoms with Gasteiger partial charge in [-0.05, 0) is 35.1 Å². The standard InChI is InChI=1S/C26H28N2O2/c1-17(2)20-12-9-13-21(18(3)4)25(20)27-16-24(29)22-14-15-23(28-26(22)30-5)19-10-7-6-8-11-19/h6-18H,1-5H3. The number of hydrogen-bond donors (Lipinski definition) is 0. The molecule has 0 unspecified atom stereocenters. The lowest BCUT2D eigenvalue weighted by Crippen LogP contribution is -2.06. The van der Waals surface area contributed by atoms with Gasteiger partial charge >= 0.3 is 0 Å². The summed E-state index contributed by atoms with van der Waals surface area (Å²) in [5.41, 5.74) is 5.27. The molecule has 0 saturated carbocycles. The Morgan fingerprint density at radius 2 is 1.53 bits per heavy atom. The van der Waals surface area contributed by atoms with Gasteiger partial charge in [0.1, 0.15) is 0 Å². The van der Waals surface area contributed by atoms with Crippen molar-refractivity contribution in [3.05, 3.63) is 77.4 Å². The fourth-order valence-electron chi connectivity index (χ4n) is 3.41. The van der Waals surface area contributed by atoms with Crippen LogP contribution in [0.2, 0.25) is 0 Å². The first-order chi connectivity index (χ1) is 14.4. The Hall–Kier alpha value is -3.27. The molecule has 4 nitrogen and oxygen atoms in total. The first-order valence-corrected chi connectivity index (χ1v) is 10.2. The van der Waals surface area contributed by atoms with Crippen molar-refractivity contribution in [3.63, 3.8) is 0 Å². The largest absolute Gasteiger partial charge is 0.480 e. The number of hydrogen-bond acceptors (Lipinski definition) is 4. The number of nitrogens with zero attached hydrogens (tertiary/aromatic N) is 2. The molecule has 0 N–H and O–H groups in total. The average Bonchev–Trinajstić information content (AvgIpc) is 2.77. The molecule has 0 atom stereocenters. The molecular formula is C26H28N2O2. The molecule has 4 heteroatoms. The summed E-state index contributed by atoms with van der Waals surface area (Å²) < 4.78 is 5.41. The molecule has 0 aliphatic rings. The van der Waals surface area contributed by atoms with E-state index in [-0.39, 0.29) is 5.78 Å². The zero-order valence-electron chi connectivity index (χ0n) is 18.2. The van der Waals surface area contributed by atoms with Crippen molar-refractivity contribution in [1.29, 1.82) is 0 Å². The van der Waals surface area contributed by atoms with Crippen molar-refractivity contribution in [2.45, 2.75) is 39.5 Å². The van der Waals surface area contributed by atoms with E-state index in [1.165, 1.54) is 13.3 Å². The Morgan fingerprint density at radius 3 is 2.10 bits per heavy atom. The third-order valence-electron chi connectivity index (χ3n) is 5.04. The van der Waals surface area contributed by atoms with Crippen LogP contribution >= 0.6 is 0 Å². The molecule has 0 spiro atoms. The summed E-state index contributed by atoms with van der Waals surface area (Å²) in [6, 6.07) is 19.6. The molecule has 2 aromatic carbocycles. The van der Waals surface area contributed by atoms with E-state index in [4.69, 9.17) is 4.74 Å². The van der Waals surface area contributed by atoms with Crippen LogP contribution in [-0.4, -0.2) is 24.1 Å². The predicted molar refractivity (Wildman–Crippen MR) is 123 cm³/mol. The summed E-state index contributed by atoms with van der Waals surface area (Å²) in [6.07, 6.45) is 1.38. The number of aliphatic imine (C=N–C) groups is 1. The number of carbonyl (C=O) groups is 1. The van der Waals surface area contributed by atoms with E-state index in [9.17, 15) is 4.79 Å². The highest BCUT2D eigenvalue weighted by Crippen LogP contribution is 2.34. The molecule has 0 amide bonds. The number of aromatic nitrogens is 1. The van der Waals surface area contributed by atoms with Crippen LogP contribution in [0.5, 0.6) is 5.88 Å². The first kappa shape index (κ1) is 21.4. The van der Waals surface area contributed by atoms with Crippen LogP contribution in [0.15, 0.2) is 65.7 Å². The van der Waals surface area contributed by atoms with Crippen LogP contribution in [0, 0.1) is 0 Å². The molecule has 0 bridgehead atoms. The number of ketones is 1. The van der Waals surface area contributed by atoms with Crippen LogP contribution in [0.25, 0.3) is 11.3 Å². The predicted octanol–water partition coefficient (Wildman–Crippen LogP) is 6.59. The lowest BCUT2D eigenvalue weighted by atomic mass is 9.93. The third-order valence-corrected chi connectivity index (χ3v) is 5.04. The Bertz CT molecular complexity index is 1030. The number of carbonyl (C=O) groups excluding carboxylic acids is 1. The minimum absolute atomic E-state index is 0.229. The smallest absolute Gasteiger partial charge is 0.225 e.